The second kappa shape index (κ2) is 9.78. The fourth-order valence-corrected chi connectivity index (χ4v) is 3.57. The molecule has 0 unspecified atom stereocenters. The number of nitrogens with zero attached hydrogens (tertiary/aromatic N) is 1. The molecule has 1 fully saturated rings. The Morgan fingerprint density at radius 3 is 2.30 bits per heavy atom. The maximum Gasteiger partial charge on any atom is 0.433 e. The molecule has 0 bridgehead atoms. The van der Waals surface area contributed by atoms with Crippen LogP contribution in [0, 0.1) is 0 Å². The van der Waals surface area contributed by atoms with E-state index in [2.05, 4.69) is 10.3 Å². The van der Waals surface area contributed by atoms with E-state index in [9.17, 15) is 23.4 Å². The summed E-state index contributed by atoms with van der Waals surface area (Å²) in [6.45, 7) is -0.0471. The smallest absolute Gasteiger partial charge is 0.433 e. The Balaban J connectivity index is 1.32. The molecule has 6 nitrogen and oxygen atoms in total. The zero-order valence-corrected chi connectivity index (χ0v) is 17.4. The molecule has 1 saturated heterocycles. The summed E-state index contributed by atoms with van der Waals surface area (Å²) >= 11 is 0. The first kappa shape index (κ1) is 23.0. The zero-order valence-electron chi connectivity index (χ0n) is 17.4. The summed E-state index contributed by atoms with van der Waals surface area (Å²) < 4.78 is 49.9. The molecule has 0 spiro atoms. The van der Waals surface area contributed by atoms with Crippen LogP contribution in [0.4, 0.5) is 19.0 Å². The summed E-state index contributed by atoms with van der Waals surface area (Å²) in [7, 11) is 0. The molecule has 4 atom stereocenters. The molecule has 0 radical (unpaired) electrons. The van der Waals surface area contributed by atoms with E-state index in [1.165, 1.54) is 12.1 Å². The van der Waals surface area contributed by atoms with E-state index in [0.29, 0.717) is 5.75 Å². The lowest BCUT2D eigenvalue weighted by atomic mass is 9.98. The van der Waals surface area contributed by atoms with E-state index in [4.69, 9.17) is 9.47 Å². The van der Waals surface area contributed by atoms with Crippen LogP contribution in [0.25, 0.3) is 11.1 Å². The molecule has 0 saturated carbocycles. The summed E-state index contributed by atoms with van der Waals surface area (Å²) in [5.74, 6) is 0.506. The summed E-state index contributed by atoms with van der Waals surface area (Å²) in [6.07, 6.45) is -7.98. The van der Waals surface area contributed by atoms with Crippen molar-refractivity contribution in [2.24, 2.45) is 0 Å². The van der Waals surface area contributed by atoms with Gasteiger partial charge in [-0.15, -0.1) is 0 Å². The molecular weight excluding hydrogens is 437 g/mol. The van der Waals surface area contributed by atoms with Crippen molar-refractivity contribution in [1.29, 1.82) is 0 Å². The van der Waals surface area contributed by atoms with Gasteiger partial charge in [-0.2, -0.15) is 13.2 Å². The Bertz CT molecular complexity index is 1050. The number of ether oxygens (including phenoxy) is 2. The molecule has 174 valence electrons. The molecule has 0 amide bonds. The summed E-state index contributed by atoms with van der Waals surface area (Å²) in [6, 6.07) is 19.9. The second-order valence-electron chi connectivity index (χ2n) is 7.71. The number of hydrogen-bond acceptors (Lipinski definition) is 6. The Labute approximate surface area is 188 Å². The Kier molecular flexibility index (Phi) is 6.83. The minimum atomic E-state index is -4.58. The first-order valence-corrected chi connectivity index (χ1v) is 10.4. The lowest BCUT2D eigenvalue weighted by Crippen LogP contribution is -2.57. The van der Waals surface area contributed by atoms with Gasteiger partial charge in [0.05, 0.1) is 12.6 Å². The molecule has 3 aromatic rings. The van der Waals surface area contributed by atoms with Crippen molar-refractivity contribution < 1.29 is 32.9 Å². The number of halogens is 3. The van der Waals surface area contributed by atoms with Gasteiger partial charge in [-0.1, -0.05) is 48.5 Å². The lowest BCUT2D eigenvalue weighted by molar-refractivity contribution is -0.150. The van der Waals surface area contributed by atoms with Crippen molar-refractivity contribution in [3.8, 4) is 16.9 Å². The molecule has 33 heavy (non-hydrogen) atoms. The van der Waals surface area contributed by atoms with Crippen molar-refractivity contribution in [2.75, 3.05) is 18.5 Å². The number of hydrogen-bond donors (Lipinski definition) is 3. The van der Waals surface area contributed by atoms with E-state index >= 15 is 0 Å². The molecule has 9 heteroatoms. The molecule has 1 aromatic heterocycles. The van der Waals surface area contributed by atoms with Crippen LogP contribution in [-0.4, -0.2) is 52.8 Å². The van der Waals surface area contributed by atoms with Crippen LogP contribution in [-0.2, 0) is 10.9 Å². The van der Waals surface area contributed by atoms with Gasteiger partial charge >= 0.3 is 6.18 Å². The van der Waals surface area contributed by atoms with Gasteiger partial charge in [-0.05, 0) is 35.4 Å². The van der Waals surface area contributed by atoms with Gasteiger partial charge in [-0.3, -0.25) is 0 Å². The van der Waals surface area contributed by atoms with Crippen molar-refractivity contribution in [3.63, 3.8) is 0 Å². The summed E-state index contributed by atoms with van der Waals surface area (Å²) in [5, 5.41) is 23.6. The second-order valence-corrected chi connectivity index (χ2v) is 7.71. The zero-order chi connectivity index (χ0) is 23.4. The predicted octanol–water partition coefficient (Wildman–Crippen LogP) is 3.75. The van der Waals surface area contributed by atoms with Crippen LogP contribution >= 0.6 is 0 Å². The number of rotatable bonds is 6. The molecule has 4 rings (SSSR count). The summed E-state index contributed by atoms with van der Waals surface area (Å²) in [4.78, 5) is 3.51. The van der Waals surface area contributed by atoms with Crippen molar-refractivity contribution >= 4 is 5.82 Å². The van der Waals surface area contributed by atoms with Gasteiger partial charge in [0, 0.05) is 0 Å². The topological polar surface area (TPSA) is 83.8 Å². The van der Waals surface area contributed by atoms with Crippen LogP contribution in [0.3, 0.4) is 0 Å². The standard InChI is InChI=1S/C24H23F3N2O4/c25-24(26,27)20-7-4-8-21(29-20)28-18-13-33-19(23(31)22(18)30)14-32-17-11-9-16(10-12-17)15-5-2-1-3-6-15/h1-12,18-19,22-23,30-31H,13-14H2,(H,28,29)/t18-,19+,22+,23-/m0/s1. The number of anilines is 1. The average molecular weight is 460 g/mol. The Morgan fingerprint density at radius 2 is 1.61 bits per heavy atom. The Morgan fingerprint density at radius 1 is 0.909 bits per heavy atom. The number of nitrogens with one attached hydrogen (secondary N) is 1. The van der Waals surface area contributed by atoms with Crippen LogP contribution in [0.1, 0.15) is 5.69 Å². The lowest BCUT2D eigenvalue weighted by Gasteiger charge is -2.38. The van der Waals surface area contributed by atoms with Crippen LogP contribution in [0.5, 0.6) is 5.75 Å². The molecule has 1 aliphatic rings. The quantitative estimate of drug-likeness (QED) is 0.520. The minimum Gasteiger partial charge on any atom is -0.491 e. The monoisotopic (exact) mass is 460 g/mol. The number of benzene rings is 2. The van der Waals surface area contributed by atoms with E-state index in [1.807, 2.05) is 42.5 Å². The highest BCUT2D eigenvalue weighted by molar-refractivity contribution is 5.63. The molecule has 2 heterocycles. The fraction of sp³-hybridized carbons (Fsp3) is 0.292. The first-order valence-electron chi connectivity index (χ1n) is 10.4. The van der Waals surface area contributed by atoms with Gasteiger partial charge in [0.15, 0.2) is 0 Å². The summed E-state index contributed by atoms with van der Waals surface area (Å²) in [5.41, 5.74) is 1.06. The molecule has 1 aliphatic heterocycles. The molecule has 2 aromatic carbocycles. The fourth-order valence-electron chi connectivity index (χ4n) is 3.57. The van der Waals surface area contributed by atoms with E-state index < -0.39 is 36.2 Å². The third-order valence-electron chi connectivity index (χ3n) is 5.38. The van der Waals surface area contributed by atoms with E-state index in [0.717, 1.165) is 17.2 Å². The highest BCUT2D eigenvalue weighted by Gasteiger charge is 2.39. The maximum absolute atomic E-state index is 12.9. The largest absolute Gasteiger partial charge is 0.491 e. The molecule has 0 aliphatic carbocycles. The van der Waals surface area contributed by atoms with Gasteiger partial charge in [0.25, 0.3) is 0 Å². The number of alkyl halides is 3. The normalized spacial score (nSPS) is 23.2. The van der Waals surface area contributed by atoms with Gasteiger partial charge in [-0.25, -0.2) is 4.98 Å². The first-order chi connectivity index (χ1) is 15.8. The Hall–Kier alpha value is -3.14. The van der Waals surface area contributed by atoms with Crippen LogP contribution in [0.2, 0.25) is 0 Å². The third-order valence-corrected chi connectivity index (χ3v) is 5.38. The number of aromatic nitrogens is 1. The number of aliphatic hydroxyl groups is 2. The SMILES string of the molecule is O[C@@H]1[C@H](O)[C@@H](Nc2cccc(C(F)(F)F)n2)CO[C@@H]1COc1ccc(-c2ccccc2)cc1. The highest BCUT2D eigenvalue weighted by Crippen LogP contribution is 2.29. The number of aliphatic hydroxyl groups excluding tert-OH is 2. The maximum atomic E-state index is 12.9. The van der Waals surface area contributed by atoms with Crippen molar-refractivity contribution in [3.05, 3.63) is 78.5 Å². The minimum absolute atomic E-state index is 0.00254. The molecular formula is C24H23F3N2O4. The van der Waals surface area contributed by atoms with E-state index in [-0.39, 0.29) is 19.0 Å². The van der Waals surface area contributed by atoms with Crippen molar-refractivity contribution in [2.45, 2.75) is 30.5 Å². The number of pyridine rings is 1. The average Bonchev–Trinajstić information content (AvgIpc) is 2.82. The third kappa shape index (κ3) is 5.62. The van der Waals surface area contributed by atoms with Crippen LogP contribution in [0.15, 0.2) is 72.8 Å². The molecule has 3 N–H and O–H groups in total. The van der Waals surface area contributed by atoms with Gasteiger partial charge in [0.2, 0.25) is 0 Å². The van der Waals surface area contributed by atoms with Crippen LogP contribution < -0.4 is 10.1 Å². The highest BCUT2D eigenvalue weighted by atomic mass is 19.4. The van der Waals surface area contributed by atoms with Gasteiger partial charge < -0.3 is 25.0 Å². The van der Waals surface area contributed by atoms with Gasteiger partial charge in [0.1, 0.15) is 42.2 Å². The van der Waals surface area contributed by atoms with Crippen molar-refractivity contribution in [1.82, 2.24) is 4.98 Å². The van der Waals surface area contributed by atoms with E-state index in [1.54, 1.807) is 12.1 Å². The predicted molar refractivity (Wildman–Crippen MR) is 116 cm³/mol.